The van der Waals surface area contributed by atoms with Gasteiger partial charge < -0.3 is 15.4 Å². The summed E-state index contributed by atoms with van der Waals surface area (Å²) < 4.78 is 6.23. The van der Waals surface area contributed by atoms with Crippen molar-refractivity contribution in [3.63, 3.8) is 0 Å². The largest absolute Gasteiger partial charge is 0.456 e. The molecule has 1 aliphatic rings. The van der Waals surface area contributed by atoms with Crippen molar-refractivity contribution in [2.45, 2.75) is 45.7 Å². The summed E-state index contributed by atoms with van der Waals surface area (Å²) in [6.45, 7) is 4.18. The Hall–Kier alpha value is -4.26. The van der Waals surface area contributed by atoms with E-state index in [0.717, 1.165) is 46.9 Å². The van der Waals surface area contributed by atoms with Crippen molar-refractivity contribution in [1.29, 1.82) is 0 Å². The monoisotopic (exact) mass is 480 g/mol. The van der Waals surface area contributed by atoms with Crippen molar-refractivity contribution in [3.8, 4) is 11.5 Å². The van der Waals surface area contributed by atoms with E-state index in [1.807, 2.05) is 44.2 Å². The van der Waals surface area contributed by atoms with E-state index in [-0.39, 0.29) is 24.4 Å². The van der Waals surface area contributed by atoms with Crippen LogP contribution >= 0.6 is 0 Å². The van der Waals surface area contributed by atoms with E-state index in [0.29, 0.717) is 22.8 Å². The topological polar surface area (TPSA) is 93.2 Å². The zero-order valence-electron chi connectivity index (χ0n) is 20.4. The maximum absolute atomic E-state index is 13.0. The normalized spacial score (nSPS) is 13.2. The van der Waals surface area contributed by atoms with Gasteiger partial charge in [0, 0.05) is 41.5 Å². The summed E-state index contributed by atoms with van der Waals surface area (Å²) in [6.07, 6.45) is 6.49. The Morgan fingerprint density at radius 3 is 2.58 bits per heavy atom. The molecule has 0 aliphatic heterocycles. The van der Waals surface area contributed by atoms with Crippen molar-refractivity contribution in [2.75, 3.05) is 0 Å². The summed E-state index contributed by atoms with van der Waals surface area (Å²) in [4.78, 5) is 34.1. The number of rotatable bonds is 7. The highest BCUT2D eigenvalue weighted by Crippen LogP contribution is 2.32. The van der Waals surface area contributed by atoms with Gasteiger partial charge in [0.25, 0.3) is 11.8 Å². The second-order valence-electron chi connectivity index (χ2n) is 9.19. The van der Waals surface area contributed by atoms with Crippen LogP contribution in [0, 0.1) is 13.8 Å². The average molecular weight is 481 g/mol. The molecule has 5 rings (SSSR count). The first-order valence-corrected chi connectivity index (χ1v) is 12.1. The molecule has 2 aromatic carbocycles. The zero-order valence-corrected chi connectivity index (χ0v) is 20.4. The minimum Gasteiger partial charge on any atom is -0.456 e. The van der Waals surface area contributed by atoms with Gasteiger partial charge in [-0.05, 0) is 86.7 Å². The Morgan fingerprint density at radius 1 is 0.944 bits per heavy atom. The van der Waals surface area contributed by atoms with Gasteiger partial charge in [0.05, 0.1) is 5.52 Å². The lowest BCUT2D eigenvalue weighted by Crippen LogP contribution is -2.39. The molecule has 2 heterocycles. The third-order valence-electron chi connectivity index (χ3n) is 6.56. The number of benzene rings is 2. The SMILES string of the molecule is Cc1ccc2c(Oc3cccc(C(=O)NCc4ccnc(C(=O)NC5CCC5)c4)c3C)ccnc2c1. The number of aryl methyl sites for hydroxylation is 1. The smallest absolute Gasteiger partial charge is 0.270 e. The fourth-order valence-corrected chi connectivity index (χ4v) is 4.21. The number of aromatic nitrogens is 2. The lowest BCUT2D eigenvalue weighted by Gasteiger charge is -2.26. The molecule has 182 valence electrons. The minimum atomic E-state index is -0.217. The quantitative estimate of drug-likeness (QED) is 0.377. The molecule has 0 bridgehead atoms. The van der Waals surface area contributed by atoms with Crippen LogP contribution < -0.4 is 15.4 Å². The molecule has 2 amide bonds. The van der Waals surface area contributed by atoms with Crippen molar-refractivity contribution < 1.29 is 14.3 Å². The molecule has 7 heteroatoms. The molecular formula is C29H28N4O3. The van der Waals surface area contributed by atoms with Crippen molar-refractivity contribution in [2.24, 2.45) is 0 Å². The summed E-state index contributed by atoms with van der Waals surface area (Å²) in [5.41, 5.74) is 4.42. The highest BCUT2D eigenvalue weighted by atomic mass is 16.5. The predicted molar refractivity (Wildman–Crippen MR) is 138 cm³/mol. The number of ether oxygens (including phenoxy) is 1. The molecule has 2 aromatic heterocycles. The summed E-state index contributed by atoms with van der Waals surface area (Å²) in [5, 5.41) is 6.85. The van der Waals surface area contributed by atoms with Gasteiger partial charge in [-0.3, -0.25) is 19.6 Å². The van der Waals surface area contributed by atoms with Gasteiger partial charge in [0.1, 0.15) is 17.2 Å². The van der Waals surface area contributed by atoms with E-state index >= 15 is 0 Å². The first-order valence-electron chi connectivity index (χ1n) is 12.1. The molecule has 2 N–H and O–H groups in total. The maximum Gasteiger partial charge on any atom is 0.270 e. The van der Waals surface area contributed by atoms with Crippen molar-refractivity contribution in [3.05, 3.63) is 94.9 Å². The van der Waals surface area contributed by atoms with Crippen LogP contribution in [-0.4, -0.2) is 27.8 Å². The fourth-order valence-electron chi connectivity index (χ4n) is 4.21. The number of carbonyl (C=O) groups is 2. The standard InChI is InChI=1S/C29H28N4O3/c1-18-9-10-23-24(15-18)30-14-12-27(23)36-26-8-4-7-22(19(26)2)28(34)32-17-20-11-13-31-25(16-20)29(35)33-21-5-3-6-21/h4,7-16,21H,3,5-6,17H2,1-2H3,(H,32,34)(H,33,35). The molecule has 0 spiro atoms. The van der Waals surface area contributed by atoms with E-state index in [1.54, 1.807) is 36.7 Å². The second kappa shape index (κ2) is 10.2. The molecule has 1 saturated carbocycles. The lowest BCUT2D eigenvalue weighted by atomic mass is 9.93. The number of nitrogens with one attached hydrogen (secondary N) is 2. The van der Waals surface area contributed by atoms with E-state index in [4.69, 9.17) is 4.74 Å². The number of hydrogen-bond donors (Lipinski definition) is 2. The molecule has 1 fully saturated rings. The highest BCUT2D eigenvalue weighted by molar-refractivity contribution is 5.96. The summed E-state index contributed by atoms with van der Waals surface area (Å²) in [7, 11) is 0. The summed E-state index contributed by atoms with van der Waals surface area (Å²) in [5.74, 6) is 0.901. The third kappa shape index (κ3) is 5.05. The number of hydrogen-bond acceptors (Lipinski definition) is 5. The van der Waals surface area contributed by atoms with Gasteiger partial charge in [-0.1, -0.05) is 12.1 Å². The predicted octanol–water partition coefficient (Wildman–Crippen LogP) is 5.25. The van der Waals surface area contributed by atoms with Gasteiger partial charge >= 0.3 is 0 Å². The summed E-state index contributed by atoms with van der Waals surface area (Å²) in [6, 6.07) is 17.0. The van der Waals surface area contributed by atoms with Gasteiger partial charge in [-0.15, -0.1) is 0 Å². The van der Waals surface area contributed by atoms with Gasteiger partial charge in [-0.25, -0.2) is 0 Å². The zero-order chi connectivity index (χ0) is 25.1. The molecule has 7 nitrogen and oxygen atoms in total. The van der Waals surface area contributed by atoms with E-state index < -0.39 is 0 Å². The van der Waals surface area contributed by atoms with E-state index in [2.05, 4.69) is 20.6 Å². The number of carbonyl (C=O) groups excluding carboxylic acids is 2. The van der Waals surface area contributed by atoms with E-state index in [1.165, 1.54) is 0 Å². The minimum absolute atomic E-state index is 0.174. The molecule has 0 radical (unpaired) electrons. The molecule has 0 saturated heterocycles. The van der Waals surface area contributed by atoms with Crippen LogP contribution in [0.4, 0.5) is 0 Å². The average Bonchev–Trinajstić information content (AvgIpc) is 2.86. The van der Waals surface area contributed by atoms with Crippen molar-refractivity contribution >= 4 is 22.7 Å². The molecule has 36 heavy (non-hydrogen) atoms. The van der Waals surface area contributed by atoms with Gasteiger partial charge in [0.2, 0.25) is 0 Å². The first kappa shape index (κ1) is 23.5. The Labute approximate surface area is 209 Å². The Balaban J connectivity index is 1.28. The Bertz CT molecular complexity index is 1450. The Kier molecular flexibility index (Phi) is 6.62. The van der Waals surface area contributed by atoms with Crippen LogP contribution in [0.15, 0.2) is 67.0 Å². The number of pyridine rings is 2. The molecule has 0 unspecified atom stereocenters. The van der Waals surface area contributed by atoms with Crippen LogP contribution in [0.25, 0.3) is 10.9 Å². The van der Waals surface area contributed by atoms with Crippen LogP contribution in [0.3, 0.4) is 0 Å². The fraction of sp³-hybridized carbons (Fsp3) is 0.241. The van der Waals surface area contributed by atoms with Crippen LogP contribution in [-0.2, 0) is 6.54 Å². The second-order valence-corrected chi connectivity index (χ2v) is 9.19. The van der Waals surface area contributed by atoms with Gasteiger partial charge in [-0.2, -0.15) is 0 Å². The first-order chi connectivity index (χ1) is 17.5. The number of fused-ring (bicyclic) bond motifs is 1. The van der Waals surface area contributed by atoms with Crippen molar-refractivity contribution in [1.82, 2.24) is 20.6 Å². The van der Waals surface area contributed by atoms with Crippen LogP contribution in [0.2, 0.25) is 0 Å². The lowest BCUT2D eigenvalue weighted by molar-refractivity contribution is 0.0911. The van der Waals surface area contributed by atoms with E-state index in [9.17, 15) is 9.59 Å². The highest BCUT2D eigenvalue weighted by Gasteiger charge is 2.21. The molecule has 0 atom stereocenters. The van der Waals surface area contributed by atoms with Gasteiger partial charge in [0.15, 0.2) is 0 Å². The third-order valence-corrected chi connectivity index (χ3v) is 6.56. The molecule has 4 aromatic rings. The molecular weight excluding hydrogens is 452 g/mol. The summed E-state index contributed by atoms with van der Waals surface area (Å²) >= 11 is 0. The Morgan fingerprint density at radius 2 is 1.78 bits per heavy atom. The maximum atomic E-state index is 13.0. The number of nitrogens with zero attached hydrogens (tertiary/aromatic N) is 2. The van der Waals surface area contributed by atoms with Crippen LogP contribution in [0.1, 0.15) is 56.8 Å². The molecule has 1 aliphatic carbocycles. The van der Waals surface area contributed by atoms with Crippen LogP contribution in [0.5, 0.6) is 11.5 Å². The number of amides is 2.